The molecule has 2 saturated carbocycles. The maximum Gasteiger partial charge on any atom is 0.230 e. The molecule has 4 rings (SSSR count). The van der Waals surface area contributed by atoms with E-state index in [1.165, 1.54) is 31.0 Å². The first-order valence-corrected chi connectivity index (χ1v) is 10.2. The number of nitrogens with zero attached hydrogens (tertiary/aromatic N) is 2. The molecule has 1 aromatic heterocycles. The molecule has 0 radical (unpaired) electrons. The van der Waals surface area contributed by atoms with Gasteiger partial charge in [-0.3, -0.25) is 9.89 Å². The summed E-state index contributed by atoms with van der Waals surface area (Å²) in [4.78, 5) is 16.5. The van der Waals surface area contributed by atoms with Gasteiger partial charge in [-0.25, -0.2) is 4.98 Å². The van der Waals surface area contributed by atoms with Crippen LogP contribution in [-0.2, 0) is 11.4 Å². The van der Waals surface area contributed by atoms with E-state index in [4.69, 9.17) is 16.3 Å². The van der Waals surface area contributed by atoms with Crippen LogP contribution in [0.3, 0.4) is 0 Å². The predicted molar refractivity (Wildman–Crippen MR) is 100 cm³/mol. The standard InChI is InChI=1S/C18H21ClN4O2S/c19-13-3-5-14(6-4-13)25-9-16-21-18(23-22-16)26-10-17(24)20-15-8-11-1-2-12(15)7-11/h3-6,11-12,15H,1-2,7-10H2,(H,20,24)(H,21,22,23)/t11-,12-,15-/m0/s1. The second-order valence-electron chi connectivity index (χ2n) is 6.94. The van der Waals surface area contributed by atoms with E-state index in [9.17, 15) is 4.79 Å². The molecule has 1 amide bonds. The lowest BCUT2D eigenvalue weighted by Crippen LogP contribution is -2.39. The van der Waals surface area contributed by atoms with E-state index < -0.39 is 0 Å². The van der Waals surface area contributed by atoms with Gasteiger partial charge in [0, 0.05) is 11.1 Å². The molecule has 2 bridgehead atoms. The molecule has 3 atom stereocenters. The highest BCUT2D eigenvalue weighted by molar-refractivity contribution is 7.99. The van der Waals surface area contributed by atoms with Crippen molar-refractivity contribution in [2.45, 2.75) is 43.5 Å². The molecule has 138 valence electrons. The number of amides is 1. The molecule has 26 heavy (non-hydrogen) atoms. The quantitative estimate of drug-likeness (QED) is 0.705. The van der Waals surface area contributed by atoms with Crippen molar-refractivity contribution in [2.24, 2.45) is 11.8 Å². The SMILES string of the molecule is O=C(CSc1n[nH]c(COc2ccc(Cl)cc2)n1)N[C@H]1C[C@H]2CC[C@H]1C2. The van der Waals surface area contributed by atoms with Gasteiger partial charge in [-0.15, -0.1) is 5.10 Å². The molecule has 1 heterocycles. The topological polar surface area (TPSA) is 79.9 Å². The van der Waals surface area contributed by atoms with Crippen LogP contribution in [-0.4, -0.2) is 32.9 Å². The molecule has 2 N–H and O–H groups in total. The zero-order valence-corrected chi connectivity index (χ0v) is 15.9. The number of nitrogens with one attached hydrogen (secondary N) is 2. The third kappa shape index (κ3) is 4.32. The molecular weight excluding hydrogens is 372 g/mol. The van der Waals surface area contributed by atoms with Crippen molar-refractivity contribution < 1.29 is 9.53 Å². The highest BCUT2D eigenvalue weighted by Crippen LogP contribution is 2.44. The van der Waals surface area contributed by atoms with Crippen LogP contribution in [0.25, 0.3) is 0 Å². The number of benzene rings is 1. The van der Waals surface area contributed by atoms with Gasteiger partial charge >= 0.3 is 0 Å². The molecule has 8 heteroatoms. The van der Waals surface area contributed by atoms with Crippen LogP contribution in [0.1, 0.15) is 31.5 Å². The average molecular weight is 393 g/mol. The Balaban J connectivity index is 1.20. The van der Waals surface area contributed by atoms with Crippen LogP contribution in [0, 0.1) is 11.8 Å². The van der Waals surface area contributed by atoms with Crippen LogP contribution < -0.4 is 10.1 Å². The van der Waals surface area contributed by atoms with Gasteiger partial charge in [0.15, 0.2) is 5.82 Å². The van der Waals surface area contributed by atoms with Gasteiger partial charge in [0.25, 0.3) is 0 Å². The number of thioether (sulfide) groups is 1. The van der Waals surface area contributed by atoms with Gasteiger partial charge in [0.1, 0.15) is 12.4 Å². The molecule has 0 spiro atoms. The van der Waals surface area contributed by atoms with Gasteiger partial charge in [-0.2, -0.15) is 0 Å². The van der Waals surface area contributed by atoms with Crippen molar-refractivity contribution in [3.05, 3.63) is 35.1 Å². The third-order valence-corrected chi connectivity index (χ3v) is 6.22. The monoisotopic (exact) mass is 392 g/mol. The molecule has 2 aliphatic rings. The van der Waals surface area contributed by atoms with Gasteiger partial charge in [0.2, 0.25) is 11.1 Å². The smallest absolute Gasteiger partial charge is 0.230 e. The van der Waals surface area contributed by atoms with Crippen molar-refractivity contribution in [3.63, 3.8) is 0 Å². The molecule has 6 nitrogen and oxygen atoms in total. The number of H-pyrrole nitrogens is 1. The van der Waals surface area contributed by atoms with Crippen LogP contribution in [0.15, 0.2) is 29.4 Å². The lowest BCUT2D eigenvalue weighted by Gasteiger charge is -2.22. The summed E-state index contributed by atoms with van der Waals surface area (Å²) in [6, 6.07) is 7.51. The molecule has 0 saturated heterocycles. The Kier molecular flexibility index (Phi) is 5.36. The summed E-state index contributed by atoms with van der Waals surface area (Å²) in [5.74, 6) is 3.25. The zero-order chi connectivity index (χ0) is 17.9. The normalized spacial score (nSPS) is 24.0. The van der Waals surface area contributed by atoms with Crippen LogP contribution in [0.2, 0.25) is 5.02 Å². The number of carbonyl (C=O) groups excluding carboxylic acids is 1. The summed E-state index contributed by atoms with van der Waals surface area (Å²) in [7, 11) is 0. The number of carbonyl (C=O) groups is 1. The largest absolute Gasteiger partial charge is 0.486 e. The highest BCUT2D eigenvalue weighted by Gasteiger charge is 2.39. The minimum atomic E-state index is 0.0660. The molecule has 0 aliphatic heterocycles. The van der Waals surface area contributed by atoms with E-state index in [0.717, 1.165) is 12.3 Å². The number of ether oxygens (including phenoxy) is 1. The maximum absolute atomic E-state index is 12.2. The Hall–Kier alpha value is -1.73. The van der Waals surface area contributed by atoms with Crippen LogP contribution in [0.5, 0.6) is 5.75 Å². The van der Waals surface area contributed by atoms with E-state index in [2.05, 4.69) is 20.5 Å². The highest BCUT2D eigenvalue weighted by atomic mass is 35.5. The van der Waals surface area contributed by atoms with Gasteiger partial charge in [-0.1, -0.05) is 29.8 Å². The number of fused-ring (bicyclic) bond motifs is 2. The second-order valence-corrected chi connectivity index (χ2v) is 8.32. The van der Waals surface area contributed by atoms with E-state index in [0.29, 0.717) is 39.5 Å². The lowest BCUT2D eigenvalue weighted by atomic mass is 9.95. The summed E-state index contributed by atoms with van der Waals surface area (Å²) in [6.45, 7) is 0.284. The van der Waals surface area contributed by atoms with Crippen molar-refractivity contribution >= 4 is 29.3 Å². The Morgan fingerprint density at radius 2 is 2.15 bits per heavy atom. The van der Waals surface area contributed by atoms with E-state index in [1.807, 2.05) is 0 Å². The van der Waals surface area contributed by atoms with Crippen molar-refractivity contribution in [3.8, 4) is 5.75 Å². The number of hydrogen-bond acceptors (Lipinski definition) is 5. The van der Waals surface area contributed by atoms with Crippen LogP contribution >= 0.6 is 23.4 Å². The van der Waals surface area contributed by atoms with E-state index in [1.54, 1.807) is 24.3 Å². The summed E-state index contributed by atoms with van der Waals surface area (Å²) in [5.41, 5.74) is 0. The zero-order valence-electron chi connectivity index (χ0n) is 14.3. The van der Waals surface area contributed by atoms with E-state index in [-0.39, 0.29) is 12.5 Å². The third-order valence-electron chi connectivity index (χ3n) is 5.12. The fourth-order valence-electron chi connectivity index (χ4n) is 3.89. The molecule has 2 aromatic rings. The molecule has 2 fully saturated rings. The summed E-state index contributed by atoms with van der Waals surface area (Å²) in [6.07, 6.45) is 5.04. The Morgan fingerprint density at radius 1 is 1.31 bits per heavy atom. The van der Waals surface area contributed by atoms with Gasteiger partial charge < -0.3 is 10.1 Å². The molecule has 2 aliphatic carbocycles. The average Bonchev–Trinajstić information content (AvgIpc) is 3.36. The minimum Gasteiger partial charge on any atom is -0.486 e. The molecule has 0 unspecified atom stereocenters. The summed E-state index contributed by atoms with van der Waals surface area (Å²) >= 11 is 7.18. The van der Waals surface area contributed by atoms with E-state index >= 15 is 0 Å². The molecule has 1 aromatic carbocycles. The predicted octanol–water partition coefficient (Wildman–Crippen LogP) is 3.43. The first-order valence-electron chi connectivity index (χ1n) is 8.87. The first kappa shape index (κ1) is 17.7. The second kappa shape index (κ2) is 7.88. The maximum atomic E-state index is 12.2. The van der Waals surface area contributed by atoms with Crippen molar-refractivity contribution in [2.75, 3.05) is 5.75 Å². The Morgan fingerprint density at radius 3 is 2.88 bits per heavy atom. The minimum absolute atomic E-state index is 0.0660. The van der Waals surface area contributed by atoms with Crippen LogP contribution in [0.4, 0.5) is 0 Å². The fraction of sp³-hybridized carbons (Fsp3) is 0.500. The molecular formula is C18H21ClN4O2S. The summed E-state index contributed by atoms with van der Waals surface area (Å²) in [5, 5.41) is 11.4. The number of rotatable bonds is 7. The fourth-order valence-corrected chi connectivity index (χ4v) is 4.64. The Bertz CT molecular complexity index is 767. The number of aromatic amines is 1. The van der Waals surface area contributed by atoms with Gasteiger partial charge in [0.05, 0.1) is 5.75 Å². The van der Waals surface area contributed by atoms with Crippen molar-refractivity contribution in [1.29, 1.82) is 0 Å². The number of hydrogen-bond donors (Lipinski definition) is 2. The van der Waals surface area contributed by atoms with Gasteiger partial charge in [-0.05, 0) is 55.4 Å². The number of aromatic nitrogens is 3. The lowest BCUT2D eigenvalue weighted by molar-refractivity contribution is -0.119. The number of halogens is 1. The van der Waals surface area contributed by atoms with Crippen molar-refractivity contribution in [1.82, 2.24) is 20.5 Å². The Labute approximate surface area is 161 Å². The first-order chi connectivity index (χ1) is 12.7. The summed E-state index contributed by atoms with van der Waals surface area (Å²) < 4.78 is 5.62.